The van der Waals surface area contributed by atoms with Crippen molar-refractivity contribution >= 4 is 26.6 Å². The maximum absolute atomic E-state index is 12.3. The van der Waals surface area contributed by atoms with E-state index in [2.05, 4.69) is 15.8 Å². The van der Waals surface area contributed by atoms with Crippen molar-refractivity contribution < 1.29 is 8.42 Å². The van der Waals surface area contributed by atoms with Crippen molar-refractivity contribution in [3.8, 4) is 6.07 Å². The molecule has 0 radical (unpaired) electrons. The minimum Gasteiger partial charge on any atom is -0.370 e. The van der Waals surface area contributed by atoms with Gasteiger partial charge >= 0.3 is 0 Å². The lowest BCUT2D eigenvalue weighted by atomic mass is 10.2. The van der Waals surface area contributed by atoms with Crippen LogP contribution in [0.1, 0.15) is 16.8 Å². The average molecular weight is 336 g/mol. The lowest BCUT2D eigenvalue weighted by Crippen LogP contribution is -2.23. The van der Waals surface area contributed by atoms with Crippen LogP contribution in [0.5, 0.6) is 0 Å². The largest absolute Gasteiger partial charge is 0.370 e. The molecule has 1 N–H and O–H groups in total. The van der Waals surface area contributed by atoms with Gasteiger partial charge in [0, 0.05) is 20.6 Å². The minimum atomic E-state index is -3.51. The number of rotatable bonds is 5. The Morgan fingerprint density at radius 3 is 2.68 bits per heavy atom. The highest BCUT2D eigenvalue weighted by Gasteiger charge is 2.20. The van der Waals surface area contributed by atoms with Crippen LogP contribution < -0.4 is 5.32 Å². The van der Waals surface area contributed by atoms with Gasteiger partial charge in [0.1, 0.15) is 16.6 Å². The van der Waals surface area contributed by atoms with Gasteiger partial charge in [-0.3, -0.25) is 0 Å². The third-order valence-corrected chi connectivity index (χ3v) is 5.96. The van der Waals surface area contributed by atoms with Gasteiger partial charge in [-0.25, -0.2) is 12.7 Å². The summed E-state index contributed by atoms with van der Waals surface area (Å²) >= 11 is 1.20. The number of sulfonamides is 1. The molecule has 0 unspecified atom stereocenters. The first-order chi connectivity index (χ1) is 10.4. The molecule has 0 amide bonds. The second-order valence-electron chi connectivity index (χ2n) is 4.83. The second-order valence-corrected chi connectivity index (χ2v) is 7.73. The van der Waals surface area contributed by atoms with Gasteiger partial charge in [-0.05, 0) is 30.1 Å². The third-order valence-electron chi connectivity index (χ3n) is 3.15. The maximum atomic E-state index is 12.3. The van der Waals surface area contributed by atoms with Crippen LogP contribution in [-0.4, -0.2) is 31.2 Å². The van der Waals surface area contributed by atoms with Crippen molar-refractivity contribution in [2.75, 3.05) is 19.4 Å². The lowest BCUT2D eigenvalue weighted by Gasteiger charge is -2.15. The molecule has 116 valence electrons. The summed E-state index contributed by atoms with van der Waals surface area (Å²) < 4.78 is 30.0. The third kappa shape index (κ3) is 3.11. The number of hydrogen-bond donors (Lipinski definition) is 1. The van der Waals surface area contributed by atoms with Gasteiger partial charge in [-0.15, -0.1) is 0 Å². The normalized spacial score (nSPS) is 11.4. The Balaban J connectivity index is 2.30. The zero-order valence-corrected chi connectivity index (χ0v) is 14.1. The molecule has 2 rings (SSSR count). The van der Waals surface area contributed by atoms with E-state index in [-0.39, 0.29) is 4.90 Å². The fourth-order valence-corrected chi connectivity index (χ4v) is 3.75. The first-order valence-electron chi connectivity index (χ1n) is 6.48. The molecular weight excluding hydrogens is 320 g/mol. The molecule has 0 aliphatic heterocycles. The van der Waals surface area contributed by atoms with E-state index in [9.17, 15) is 8.42 Å². The van der Waals surface area contributed by atoms with E-state index in [1.807, 2.05) is 0 Å². The fourth-order valence-electron chi connectivity index (χ4n) is 1.90. The number of benzene rings is 1. The number of hydrogen-bond acceptors (Lipinski definition) is 6. The predicted octanol–water partition coefficient (Wildman–Crippen LogP) is 2.19. The standard InChI is InChI=1S/C14H16N4O2S2/c1-10-12(8-15)14(21-17-10)16-9-11-6-4-5-7-13(11)22(19,20)18(2)3/h4-7,16H,9H2,1-3H3. The number of anilines is 1. The van der Waals surface area contributed by atoms with Gasteiger partial charge in [0.15, 0.2) is 0 Å². The minimum absolute atomic E-state index is 0.257. The van der Waals surface area contributed by atoms with E-state index in [0.717, 1.165) is 0 Å². The molecule has 22 heavy (non-hydrogen) atoms. The van der Waals surface area contributed by atoms with Crippen molar-refractivity contribution in [1.29, 1.82) is 5.26 Å². The van der Waals surface area contributed by atoms with Crippen LogP contribution in [0, 0.1) is 18.3 Å². The van der Waals surface area contributed by atoms with E-state index in [0.29, 0.717) is 28.4 Å². The van der Waals surface area contributed by atoms with Gasteiger partial charge in [0.05, 0.1) is 10.6 Å². The molecule has 0 bridgehead atoms. The van der Waals surface area contributed by atoms with Crippen LogP contribution in [0.2, 0.25) is 0 Å². The van der Waals surface area contributed by atoms with Gasteiger partial charge in [-0.1, -0.05) is 18.2 Å². The smallest absolute Gasteiger partial charge is 0.242 e. The summed E-state index contributed by atoms with van der Waals surface area (Å²) in [6.45, 7) is 2.07. The Kier molecular flexibility index (Phi) is 4.81. The Bertz CT molecular complexity index is 820. The predicted molar refractivity (Wildman–Crippen MR) is 86.2 cm³/mol. The van der Waals surface area contributed by atoms with Crippen molar-refractivity contribution in [1.82, 2.24) is 8.68 Å². The van der Waals surface area contributed by atoms with Gasteiger partial charge < -0.3 is 5.32 Å². The summed E-state index contributed by atoms with van der Waals surface area (Å²) in [5, 5.41) is 12.9. The van der Waals surface area contributed by atoms with Crippen molar-refractivity contribution in [2.24, 2.45) is 0 Å². The lowest BCUT2D eigenvalue weighted by molar-refractivity contribution is 0.520. The molecule has 2 aromatic rings. The van der Waals surface area contributed by atoms with Crippen LogP contribution in [0.4, 0.5) is 5.00 Å². The Hall–Kier alpha value is -1.95. The number of nitrogens with zero attached hydrogens (tertiary/aromatic N) is 3. The van der Waals surface area contributed by atoms with E-state index in [4.69, 9.17) is 5.26 Å². The number of aromatic nitrogens is 1. The first kappa shape index (κ1) is 16.4. The van der Waals surface area contributed by atoms with Crippen LogP contribution in [-0.2, 0) is 16.6 Å². The summed E-state index contributed by atoms with van der Waals surface area (Å²) in [6, 6.07) is 8.91. The molecule has 0 saturated heterocycles. The molecule has 0 saturated carbocycles. The Labute approximate surface area is 134 Å². The van der Waals surface area contributed by atoms with E-state index in [1.54, 1.807) is 31.2 Å². The van der Waals surface area contributed by atoms with Crippen LogP contribution >= 0.6 is 11.5 Å². The van der Waals surface area contributed by atoms with Gasteiger partial charge in [0.2, 0.25) is 10.0 Å². The quantitative estimate of drug-likeness (QED) is 0.904. The molecular formula is C14H16N4O2S2. The zero-order chi connectivity index (χ0) is 16.3. The zero-order valence-electron chi connectivity index (χ0n) is 12.5. The second kappa shape index (κ2) is 6.44. The summed E-state index contributed by atoms with van der Waals surface area (Å²) in [4.78, 5) is 0.257. The van der Waals surface area contributed by atoms with Crippen molar-refractivity contribution in [3.05, 3.63) is 41.1 Å². The van der Waals surface area contributed by atoms with E-state index >= 15 is 0 Å². The summed E-state index contributed by atoms with van der Waals surface area (Å²) in [6.07, 6.45) is 0. The summed E-state index contributed by atoms with van der Waals surface area (Å²) in [5.74, 6) is 0. The molecule has 0 aliphatic rings. The Morgan fingerprint density at radius 1 is 1.36 bits per heavy atom. The van der Waals surface area contributed by atoms with Crippen LogP contribution in [0.15, 0.2) is 29.2 Å². The Morgan fingerprint density at radius 2 is 2.05 bits per heavy atom. The van der Waals surface area contributed by atoms with Crippen LogP contribution in [0.3, 0.4) is 0 Å². The molecule has 0 atom stereocenters. The SMILES string of the molecule is Cc1nsc(NCc2ccccc2S(=O)(=O)N(C)C)c1C#N. The molecule has 1 aromatic carbocycles. The first-order valence-corrected chi connectivity index (χ1v) is 8.70. The summed E-state index contributed by atoms with van der Waals surface area (Å²) in [7, 11) is -0.507. The van der Waals surface area contributed by atoms with Gasteiger partial charge in [0.25, 0.3) is 0 Å². The van der Waals surface area contributed by atoms with E-state index in [1.165, 1.54) is 29.9 Å². The molecule has 1 heterocycles. The molecule has 1 aromatic heterocycles. The van der Waals surface area contributed by atoms with Crippen molar-refractivity contribution in [2.45, 2.75) is 18.4 Å². The summed E-state index contributed by atoms with van der Waals surface area (Å²) in [5.41, 5.74) is 1.81. The highest BCUT2D eigenvalue weighted by molar-refractivity contribution is 7.89. The monoisotopic (exact) mass is 336 g/mol. The van der Waals surface area contributed by atoms with Gasteiger partial charge in [-0.2, -0.15) is 9.64 Å². The highest BCUT2D eigenvalue weighted by atomic mass is 32.2. The molecule has 8 heteroatoms. The highest BCUT2D eigenvalue weighted by Crippen LogP contribution is 2.25. The molecule has 0 aliphatic carbocycles. The number of nitriles is 1. The molecule has 0 fully saturated rings. The van der Waals surface area contributed by atoms with E-state index < -0.39 is 10.0 Å². The number of nitrogens with one attached hydrogen (secondary N) is 1. The average Bonchev–Trinajstić information content (AvgIpc) is 2.85. The van der Waals surface area contributed by atoms with Crippen LogP contribution in [0.25, 0.3) is 0 Å². The number of aryl methyl sites for hydroxylation is 1. The topological polar surface area (TPSA) is 86.1 Å². The maximum Gasteiger partial charge on any atom is 0.242 e. The molecule has 0 spiro atoms. The molecule has 6 nitrogen and oxygen atoms in total. The van der Waals surface area contributed by atoms with Crippen molar-refractivity contribution in [3.63, 3.8) is 0 Å². The fraction of sp³-hybridized carbons (Fsp3) is 0.286.